The van der Waals surface area contributed by atoms with E-state index < -0.39 is 8.07 Å². The highest BCUT2D eigenvalue weighted by atomic mass is 28.3. The van der Waals surface area contributed by atoms with Crippen molar-refractivity contribution in [3.05, 3.63) is 82.5 Å². The van der Waals surface area contributed by atoms with Gasteiger partial charge in [-0.3, -0.25) is 0 Å². The molecule has 0 N–H and O–H groups in total. The fourth-order valence-electron chi connectivity index (χ4n) is 6.01. The number of rotatable bonds is 3. The first-order valence-corrected chi connectivity index (χ1v) is 12.5. The molecule has 2 unspecified atom stereocenters. The molecule has 0 saturated heterocycles. The van der Waals surface area contributed by atoms with Crippen LogP contribution in [-0.2, 0) is 0 Å². The Morgan fingerprint density at radius 3 is 1.71 bits per heavy atom. The molecule has 2 aromatic rings. The van der Waals surface area contributed by atoms with E-state index in [1.54, 1.807) is 10.8 Å². The Balaban J connectivity index is 2.54. The van der Waals surface area contributed by atoms with Gasteiger partial charge in [0.2, 0.25) is 0 Å². The van der Waals surface area contributed by atoms with Crippen molar-refractivity contribution < 1.29 is 0 Å². The minimum absolute atomic E-state index is 0.0427. The van der Waals surface area contributed by atoms with Gasteiger partial charge in [-0.05, 0) is 45.2 Å². The largest absolute Gasteiger partial charge is 0.136 e. The molecule has 3 rings (SSSR count). The smallest absolute Gasteiger partial charge is 0.0733 e. The van der Waals surface area contributed by atoms with Crippen LogP contribution in [0.4, 0.5) is 0 Å². The maximum Gasteiger partial charge on any atom is 0.136 e. The van der Waals surface area contributed by atoms with Crippen molar-refractivity contribution in [3.63, 3.8) is 0 Å². The molecule has 0 radical (unpaired) electrons. The summed E-state index contributed by atoms with van der Waals surface area (Å²) in [6, 6.07) is 18.7. The van der Waals surface area contributed by atoms with Gasteiger partial charge < -0.3 is 0 Å². The lowest BCUT2D eigenvalue weighted by Crippen LogP contribution is -2.70. The normalized spacial score (nSPS) is 22.2. The van der Waals surface area contributed by atoms with Gasteiger partial charge in [-0.15, -0.1) is 0 Å². The zero-order valence-corrected chi connectivity index (χ0v) is 20.2. The molecule has 0 heterocycles. The monoisotopic (exact) mass is 388 g/mol. The summed E-state index contributed by atoms with van der Waals surface area (Å²) >= 11 is 0. The molecule has 1 aliphatic rings. The van der Waals surface area contributed by atoms with Crippen molar-refractivity contribution in [2.45, 2.75) is 72.4 Å². The van der Waals surface area contributed by atoms with E-state index in [4.69, 9.17) is 0 Å². The summed E-state index contributed by atoms with van der Waals surface area (Å²) in [5, 5.41) is 3.28. The molecule has 0 amide bonds. The maximum atomic E-state index is 2.60. The number of hydrogen-bond donors (Lipinski definition) is 0. The van der Waals surface area contributed by atoms with Crippen molar-refractivity contribution in [2.24, 2.45) is 0 Å². The zero-order valence-electron chi connectivity index (χ0n) is 19.2. The summed E-state index contributed by atoms with van der Waals surface area (Å²) in [5.41, 5.74) is 7.21. The third-order valence-corrected chi connectivity index (χ3v) is 13.9. The summed E-state index contributed by atoms with van der Waals surface area (Å²) in [7, 11) is -2.28. The highest BCUT2D eigenvalue weighted by Crippen LogP contribution is 2.59. The van der Waals surface area contributed by atoms with Crippen LogP contribution >= 0.6 is 0 Å². The Morgan fingerprint density at radius 1 is 0.750 bits per heavy atom. The topological polar surface area (TPSA) is 0 Å². The van der Waals surface area contributed by atoms with E-state index in [1.807, 2.05) is 0 Å². The molecule has 1 heteroatoms. The van der Waals surface area contributed by atoms with Gasteiger partial charge in [0.05, 0.1) is 0 Å². The lowest BCUT2D eigenvalue weighted by molar-refractivity contribution is 0.683. The van der Waals surface area contributed by atoms with Crippen LogP contribution in [0.2, 0.25) is 10.1 Å². The Labute approximate surface area is 173 Å². The molecule has 2 aromatic carbocycles. The van der Waals surface area contributed by atoms with Gasteiger partial charge in [0.25, 0.3) is 0 Å². The Kier molecular flexibility index (Phi) is 5.13. The fourth-order valence-corrected chi connectivity index (χ4v) is 13.6. The average molecular weight is 389 g/mol. The van der Waals surface area contributed by atoms with Crippen molar-refractivity contribution in [3.8, 4) is 0 Å². The molecule has 0 nitrogen and oxygen atoms in total. The predicted molar refractivity (Wildman–Crippen MR) is 128 cm³/mol. The third-order valence-electron chi connectivity index (χ3n) is 7.20. The number of benzene rings is 2. The van der Waals surface area contributed by atoms with E-state index in [0.717, 1.165) is 0 Å². The molecule has 0 aliphatic heterocycles. The second kappa shape index (κ2) is 6.88. The number of hydrogen-bond acceptors (Lipinski definition) is 0. The molecular weight excluding hydrogens is 352 g/mol. The average Bonchev–Trinajstić information content (AvgIpc) is 2.78. The number of aryl methyl sites for hydroxylation is 2. The van der Waals surface area contributed by atoms with Crippen molar-refractivity contribution in [2.75, 3.05) is 0 Å². The second-order valence-corrected chi connectivity index (χ2v) is 15.2. The van der Waals surface area contributed by atoms with Crippen molar-refractivity contribution in [1.29, 1.82) is 0 Å². The molecule has 0 bridgehead atoms. The van der Waals surface area contributed by atoms with E-state index >= 15 is 0 Å². The van der Waals surface area contributed by atoms with Crippen LogP contribution in [0.15, 0.2) is 71.3 Å². The fraction of sp³-hybridized carbons (Fsp3) is 0.407. The number of allylic oxidation sites excluding steroid dienone is 4. The zero-order chi connectivity index (χ0) is 20.9. The molecule has 0 saturated carbocycles. The maximum absolute atomic E-state index is 2.60. The first-order chi connectivity index (χ1) is 12.9. The standard InChI is InChI=1S/C27H36Si/c1-19-15-20(2)17-25(16-19)28(26(6,7)8,24-13-11-10-12-14-24)27(9)18-21(3)22(4)23(27)5/h10-18H,1-9H3. The van der Waals surface area contributed by atoms with Crippen LogP contribution in [0.1, 0.15) is 59.6 Å². The SMILES string of the molecule is CC1=CC(C)([Si](c2ccccc2)(c2cc(C)cc(C)c2)C(C)(C)C)C(C)=C1C. The van der Waals surface area contributed by atoms with Crippen LogP contribution in [0.25, 0.3) is 0 Å². The minimum Gasteiger partial charge on any atom is -0.0733 e. The summed E-state index contributed by atoms with van der Waals surface area (Å²) in [4.78, 5) is 0. The van der Waals surface area contributed by atoms with Crippen LogP contribution in [0.5, 0.6) is 0 Å². The highest BCUT2D eigenvalue weighted by Gasteiger charge is 2.60. The van der Waals surface area contributed by atoms with E-state index in [0.29, 0.717) is 0 Å². The predicted octanol–water partition coefficient (Wildman–Crippen LogP) is 6.72. The first-order valence-electron chi connectivity index (χ1n) is 10.5. The van der Waals surface area contributed by atoms with Crippen molar-refractivity contribution in [1.82, 2.24) is 0 Å². The van der Waals surface area contributed by atoms with Gasteiger partial charge >= 0.3 is 0 Å². The van der Waals surface area contributed by atoms with Crippen LogP contribution in [0.3, 0.4) is 0 Å². The Hall–Kier alpha value is -1.86. The molecule has 28 heavy (non-hydrogen) atoms. The minimum atomic E-state index is -2.28. The van der Waals surface area contributed by atoms with E-state index in [2.05, 4.69) is 117 Å². The second-order valence-electron chi connectivity index (χ2n) is 10.0. The summed E-state index contributed by atoms with van der Waals surface area (Å²) in [6.07, 6.45) is 2.60. The van der Waals surface area contributed by atoms with E-state index in [-0.39, 0.29) is 10.1 Å². The molecule has 148 valence electrons. The molecule has 0 fully saturated rings. The van der Waals surface area contributed by atoms with Gasteiger partial charge in [0.1, 0.15) is 8.07 Å². The Bertz CT molecular complexity index is 935. The van der Waals surface area contributed by atoms with Gasteiger partial charge in [0.15, 0.2) is 0 Å². The van der Waals surface area contributed by atoms with Crippen LogP contribution in [-0.4, -0.2) is 8.07 Å². The van der Waals surface area contributed by atoms with Gasteiger partial charge in [0, 0.05) is 5.04 Å². The molecule has 0 aromatic heterocycles. The van der Waals surface area contributed by atoms with E-state index in [9.17, 15) is 0 Å². The molecular formula is C27H36Si. The quantitative estimate of drug-likeness (QED) is 0.512. The molecule has 0 spiro atoms. The lowest BCUT2D eigenvalue weighted by atomic mass is 10.0. The highest BCUT2D eigenvalue weighted by molar-refractivity contribution is 7.07. The molecule has 1 aliphatic carbocycles. The molecule has 2 atom stereocenters. The lowest BCUT2D eigenvalue weighted by Gasteiger charge is -2.54. The van der Waals surface area contributed by atoms with Crippen molar-refractivity contribution >= 4 is 18.4 Å². The van der Waals surface area contributed by atoms with Gasteiger partial charge in [-0.25, -0.2) is 0 Å². The third kappa shape index (κ3) is 2.87. The Morgan fingerprint density at radius 2 is 1.29 bits per heavy atom. The summed E-state index contributed by atoms with van der Waals surface area (Å²) < 4.78 is 0. The van der Waals surface area contributed by atoms with Crippen LogP contribution < -0.4 is 10.4 Å². The first kappa shape index (κ1) is 20.9. The van der Waals surface area contributed by atoms with E-state index in [1.165, 1.54) is 27.5 Å². The van der Waals surface area contributed by atoms with Gasteiger partial charge in [-0.1, -0.05) is 115 Å². The summed E-state index contributed by atoms with van der Waals surface area (Å²) in [6.45, 7) is 21.4. The van der Waals surface area contributed by atoms with Gasteiger partial charge in [-0.2, -0.15) is 0 Å². The van der Waals surface area contributed by atoms with Crippen LogP contribution in [0, 0.1) is 13.8 Å². The summed E-state index contributed by atoms with van der Waals surface area (Å²) in [5.74, 6) is 0.